The van der Waals surface area contributed by atoms with Crippen LogP contribution in [0.2, 0.25) is 0 Å². The van der Waals surface area contributed by atoms with Crippen LogP contribution in [0.3, 0.4) is 0 Å². The van der Waals surface area contributed by atoms with E-state index in [0.717, 1.165) is 47.2 Å². The molecule has 32 heavy (non-hydrogen) atoms. The van der Waals surface area contributed by atoms with Gasteiger partial charge in [-0.25, -0.2) is 4.98 Å². The van der Waals surface area contributed by atoms with E-state index < -0.39 is 0 Å². The van der Waals surface area contributed by atoms with E-state index in [9.17, 15) is 4.79 Å². The summed E-state index contributed by atoms with van der Waals surface area (Å²) in [5.41, 5.74) is 3.47. The summed E-state index contributed by atoms with van der Waals surface area (Å²) in [4.78, 5) is 23.5. The van der Waals surface area contributed by atoms with Gasteiger partial charge in [0, 0.05) is 24.4 Å². The Balaban J connectivity index is 0.00000363. The normalized spacial score (nSPS) is 11.0. The van der Waals surface area contributed by atoms with Crippen molar-refractivity contribution in [2.24, 2.45) is 0 Å². The first-order valence-corrected chi connectivity index (χ1v) is 12.9. The van der Waals surface area contributed by atoms with Crippen molar-refractivity contribution in [3.05, 3.63) is 53.6 Å². The second-order valence-corrected chi connectivity index (χ2v) is 9.98. The van der Waals surface area contributed by atoms with Crippen molar-refractivity contribution in [3.63, 3.8) is 0 Å². The van der Waals surface area contributed by atoms with Gasteiger partial charge in [-0.1, -0.05) is 48.9 Å². The summed E-state index contributed by atoms with van der Waals surface area (Å²) in [6.45, 7) is 12.1. The van der Waals surface area contributed by atoms with Gasteiger partial charge in [-0.3, -0.25) is 9.69 Å². The predicted molar refractivity (Wildman–Crippen MR) is 143 cm³/mol. The summed E-state index contributed by atoms with van der Waals surface area (Å²) in [6, 6.07) is 14.9. The molecule has 2 aromatic carbocycles. The average molecular weight is 492 g/mol. The van der Waals surface area contributed by atoms with E-state index in [-0.39, 0.29) is 18.3 Å². The number of likely N-dealkylation sites (N-methyl/N-ethyl adjacent to an activating group) is 1. The van der Waals surface area contributed by atoms with E-state index in [0.29, 0.717) is 13.0 Å². The lowest BCUT2D eigenvalue weighted by atomic mass is 10.2. The molecule has 1 heterocycles. The Hall–Kier alpha value is -1.60. The number of amides is 1. The molecule has 0 fully saturated rings. The number of nitrogens with zero attached hydrogens (tertiary/aromatic N) is 3. The molecule has 174 valence electrons. The molecule has 0 saturated heterocycles. The Bertz CT molecular complexity index is 987. The maximum absolute atomic E-state index is 13.2. The van der Waals surface area contributed by atoms with Crippen LogP contribution in [0, 0.1) is 13.8 Å². The molecule has 0 atom stereocenters. The van der Waals surface area contributed by atoms with Gasteiger partial charge in [0.25, 0.3) is 0 Å². The number of rotatable bonds is 11. The first kappa shape index (κ1) is 26.7. The molecule has 0 N–H and O–H groups in total. The fourth-order valence-electron chi connectivity index (χ4n) is 3.43. The first-order valence-electron chi connectivity index (χ1n) is 11.1. The van der Waals surface area contributed by atoms with Crippen LogP contribution in [-0.4, -0.2) is 47.7 Å². The number of halogens is 1. The molecule has 0 unspecified atom stereocenters. The molecule has 0 aliphatic rings. The summed E-state index contributed by atoms with van der Waals surface area (Å²) in [5.74, 6) is 1.12. The summed E-state index contributed by atoms with van der Waals surface area (Å²) in [6.07, 6.45) is 1.41. The third kappa shape index (κ3) is 7.48. The highest BCUT2D eigenvalue weighted by atomic mass is 35.5. The molecule has 4 nitrogen and oxygen atoms in total. The molecular weight excluding hydrogens is 458 g/mol. The lowest BCUT2D eigenvalue weighted by Crippen LogP contribution is -2.38. The Morgan fingerprint density at radius 3 is 2.38 bits per heavy atom. The van der Waals surface area contributed by atoms with Crippen molar-refractivity contribution in [2.45, 2.75) is 45.4 Å². The van der Waals surface area contributed by atoms with Gasteiger partial charge in [0.2, 0.25) is 5.91 Å². The number of benzene rings is 2. The number of carbonyl (C=O) groups excluding carboxylic acids is 1. The predicted octanol–water partition coefficient (Wildman–Crippen LogP) is 6.58. The topological polar surface area (TPSA) is 36.4 Å². The number of thiazole rings is 1. The maximum Gasteiger partial charge on any atom is 0.228 e. The Morgan fingerprint density at radius 1 is 1.00 bits per heavy atom. The van der Waals surface area contributed by atoms with Crippen LogP contribution in [0.1, 0.15) is 37.8 Å². The Kier molecular flexibility index (Phi) is 11.0. The van der Waals surface area contributed by atoms with Crippen LogP contribution in [0.4, 0.5) is 5.13 Å². The molecule has 0 spiro atoms. The smallest absolute Gasteiger partial charge is 0.228 e. The highest BCUT2D eigenvalue weighted by molar-refractivity contribution is 7.99. The van der Waals surface area contributed by atoms with E-state index in [4.69, 9.17) is 4.98 Å². The summed E-state index contributed by atoms with van der Waals surface area (Å²) in [5, 5.41) is 0.823. The molecule has 3 aromatic rings. The van der Waals surface area contributed by atoms with Gasteiger partial charge >= 0.3 is 0 Å². The van der Waals surface area contributed by atoms with Crippen molar-refractivity contribution in [3.8, 4) is 0 Å². The van der Waals surface area contributed by atoms with Crippen molar-refractivity contribution in [1.29, 1.82) is 0 Å². The first-order chi connectivity index (χ1) is 15.0. The third-order valence-corrected chi connectivity index (χ3v) is 7.56. The molecule has 7 heteroatoms. The second-order valence-electron chi connectivity index (χ2n) is 7.80. The van der Waals surface area contributed by atoms with Crippen molar-refractivity contribution < 1.29 is 4.79 Å². The lowest BCUT2D eigenvalue weighted by Gasteiger charge is -2.24. The second kappa shape index (κ2) is 13.2. The van der Waals surface area contributed by atoms with E-state index >= 15 is 0 Å². The molecule has 3 rings (SSSR count). The fourth-order valence-corrected chi connectivity index (χ4v) is 5.39. The van der Waals surface area contributed by atoms with Crippen LogP contribution in [0.5, 0.6) is 0 Å². The highest BCUT2D eigenvalue weighted by Crippen LogP contribution is 2.30. The van der Waals surface area contributed by atoms with Gasteiger partial charge in [-0.15, -0.1) is 24.2 Å². The van der Waals surface area contributed by atoms with Crippen LogP contribution in [-0.2, 0) is 4.79 Å². The zero-order valence-electron chi connectivity index (χ0n) is 19.5. The number of hydrogen-bond acceptors (Lipinski definition) is 5. The van der Waals surface area contributed by atoms with Gasteiger partial charge in [-0.05, 0) is 68.9 Å². The molecule has 1 amide bonds. The Labute approximate surface area is 206 Å². The number of anilines is 1. The van der Waals surface area contributed by atoms with E-state index in [1.54, 1.807) is 11.3 Å². The molecular formula is C25H34ClN3OS2. The van der Waals surface area contributed by atoms with Gasteiger partial charge in [0.1, 0.15) is 0 Å². The SMILES string of the molecule is CCN(CC)CCN(C(=O)CCCSc1ccc(C)cc1)c1nc2ccc(C)cc2s1.Cl. The molecule has 0 saturated carbocycles. The van der Waals surface area contributed by atoms with Gasteiger partial charge in [0.15, 0.2) is 5.13 Å². The summed E-state index contributed by atoms with van der Waals surface area (Å²) >= 11 is 3.44. The van der Waals surface area contributed by atoms with Crippen LogP contribution in [0.15, 0.2) is 47.4 Å². The number of aromatic nitrogens is 1. The Morgan fingerprint density at radius 2 is 1.69 bits per heavy atom. The number of carbonyl (C=O) groups is 1. The largest absolute Gasteiger partial charge is 0.302 e. The minimum Gasteiger partial charge on any atom is -0.302 e. The number of aryl methyl sites for hydroxylation is 2. The maximum atomic E-state index is 13.2. The standard InChI is InChI=1S/C25H33N3OS2.ClH/c1-5-27(6-2)15-16-28(25-26-22-14-11-20(4)18-23(22)31-25)24(29)8-7-17-30-21-12-9-19(3)10-13-21;/h9-14,18H,5-8,15-17H2,1-4H3;1H. The van der Waals surface area contributed by atoms with Gasteiger partial charge in [-0.2, -0.15) is 0 Å². The minimum absolute atomic E-state index is 0. The van der Waals surface area contributed by atoms with Crippen LogP contribution < -0.4 is 4.90 Å². The van der Waals surface area contributed by atoms with Gasteiger partial charge < -0.3 is 4.90 Å². The van der Waals surface area contributed by atoms with E-state index in [1.165, 1.54) is 16.0 Å². The summed E-state index contributed by atoms with van der Waals surface area (Å²) in [7, 11) is 0. The van der Waals surface area contributed by atoms with Crippen LogP contribution >= 0.6 is 35.5 Å². The zero-order chi connectivity index (χ0) is 22.2. The van der Waals surface area contributed by atoms with E-state index in [2.05, 4.69) is 75.1 Å². The van der Waals surface area contributed by atoms with Crippen molar-refractivity contribution in [1.82, 2.24) is 9.88 Å². The van der Waals surface area contributed by atoms with Crippen molar-refractivity contribution >= 4 is 56.8 Å². The van der Waals surface area contributed by atoms with E-state index in [1.807, 2.05) is 16.7 Å². The number of thioether (sulfide) groups is 1. The summed E-state index contributed by atoms with van der Waals surface area (Å²) < 4.78 is 1.14. The lowest BCUT2D eigenvalue weighted by molar-refractivity contribution is -0.118. The molecule has 0 aliphatic carbocycles. The van der Waals surface area contributed by atoms with Crippen LogP contribution in [0.25, 0.3) is 10.2 Å². The van der Waals surface area contributed by atoms with Gasteiger partial charge in [0.05, 0.1) is 10.2 Å². The molecule has 0 radical (unpaired) electrons. The quantitative estimate of drug-likeness (QED) is 0.224. The highest BCUT2D eigenvalue weighted by Gasteiger charge is 2.20. The average Bonchev–Trinajstić information content (AvgIpc) is 3.18. The molecule has 0 aliphatic heterocycles. The van der Waals surface area contributed by atoms with Crippen molar-refractivity contribution in [2.75, 3.05) is 36.8 Å². The fraction of sp³-hybridized carbons (Fsp3) is 0.440. The molecule has 1 aromatic heterocycles. The number of hydrogen-bond donors (Lipinski definition) is 0. The molecule has 0 bridgehead atoms. The minimum atomic E-state index is 0. The third-order valence-electron chi connectivity index (χ3n) is 5.42. The monoisotopic (exact) mass is 491 g/mol. The number of fused-ring (bicyclic) bond motifs is 1. The zero-order valence-corrected chi connectivity index (χ0v) is 21.9.